The van der Waals surface area contributed by atoms with E-state index in [1.807, 2.05) is 29.9 Å². The monoisotopic (exact) mass is 404 g/mol. The average molecular weight is 405 g/mol. The summed E-state index contributed by atoms with van der Waals surface area (Å²) in [5.41, 5.74) is 2.54. The van der Waals surface area contributed by atoms with Crippen molar-refractivity contribution in [2.45, 2.75) is 6.92 Å². The molecule has 1 aliphatic heterocycles. The zero-order valence-corrected chi connectivity index (χ0v) is 16.6. The van der Waals surface area contributed by atoms with Gasteiger partial charge >= 0.3 is 0 Å². The predicted molar refractivity (Wildman–Crippen MR) is 109 cm³/mol. The number of ether oxygens (including phenoxy) is 1. The first-order valence-electron chi connectivity index (χ1n) is 8.89. The summed E-state index contributed by atoms with van der Waals surface area (Å²) >= 11 is 0. The summed E-state index contributed by atoms with van der Waals surface area (Å²) in [5.74, 6) is 0.271. The fraction of sp³-hybridized carbons (Fsp3) is 0.300. The van der Waals surface area contributed by atoms with Crippen LogP contribution >= 0.6 is 12.4 Å². The van der Waals surface area contributed by atoms with Crippen molar-refractivity contribution < 1.29 is 13.9 Å². The molecule has 8 heteroatoms. The summed E-state index contributed by atoms with van der Waals surface area (Å²) in [4.78, 5) is 19.2. The molecule has 0 atom stereocenters. The van der Waals surface area contributed by atoms with Crippen LogP contribution in [0.3, 0.4) is 0 Å². The molecule has 1 saturated heterocycles. The van der Waals surface area contributed by atoms with E-state index >= 15 is 0 Å². The summed E-state index contributed by atoms with van der Waals surface area (Å²) in [6.07, 6.45) is 3.49. The molecule has 1 N–H and O–H groups in total. The molecule has 3 heterocycles. The first-order chi connectivity index (χ1) is 13.1. The molecule has 3 aromatic rings. The molecule has 2 aromatic heterocycles. The Bertz CT molecular complexity index is 1010. The van der Waals surface area contributed by atoms with Crippen LogP contribution in [0.15, 0.2) is 36.7 Å². The maximum absolute atomic E-state index is 13.9. The lowest BCUT2D eigenvalue weighted by Crippen LogP contribution is -2.40. The largest absolute Gasteiger partial charge is 0.378 e. The molecular formula is C20H22ClFN4O2. The zero-order valence-electron chi connectivity index (χ0n) is 15.7. The SMILES string of the molecule is Cc1c(F)cccc1Nc1ncc(C(=O)N2CCOCC2)c2c1ccn2C.Cl. The van der Waals surface area contributed by atoms with Gasteiger partial charge in [0.2, 0.25) is 0 Å². The molecule has 1 amide bonds. The molecule has 1 aliphatic rings. The highest BCUT2D eigenvalue weighted by molar-refractivity contribution is 6.08. The second kappa shape index (κ2) is 8.16. The van der Waals surface area contributed by atoms with Crippen molar-refractivity contribution in [3.8, 4) is 0 Å². The van der Waals surface area contributed by atoms with Gasteiger partial charge in [-0.05, 0) is 25.1 Å². The van der Waals surface area contributed by atoms with Crippen molar-refractivity contribution in [2.75, 3.05) is 31.6 Å². The number of pyridine rings is 1. The lowest BCUT2D eigenvalue weighted by Gasteiger charge is -2.27. The third-order valence-corrected chi connectivity index (χ3v) is 4.96. The normalized spacial score (nSPS) is 14.0. The summed E-state index contributed by atoms with van der Waals surface area (Å²) in [6, 6.07) is 6.80. The Morgan fingerprint density at radius 3 is 2.75 bits per heavy atom. The Hall–Kier alpha value is -2.64. The van der Waals surface area contributed by atoms with E-state index in [2.05, 4.69) is 10.3 Å². The number of carbonyl (C=O) groups is 1. The lowest BCUT2D eigenvalue weighted by atomic mass is 10.1. The van der Waals surface area contributed by atoms with Gasteiger partial charge in [-0.3, -0.25) is 4.79 Å². The van der Waals surface area contributed by atoms with Crippen LogP contribution in [-0.2, 0) is 11.8 Å². The third kappa shape index (κ3) is 3.55. The van der Waals surface area contributed by atoms with Gasteiger partial charge in [0.15, 0.2) is 0 Å². The maximum atomic E-state index is 13.9. The van der Waals surface area contributed by atoms with Crippen LogP contribution in [0.2, 0.25) is 0 Å². The van der Waals surface area contributed by atoms with Crippen LogP contribution in [0.4, 0.5) is 15.9 Å². The van der Waals surface area contributed by atoms with Gasteiger partial charge in [0.1, 0.15) is 11.6 Å². The first kappa shape index (κ1) is 20.1. The van der Waals surface area contributed by atoms with Gasteiger partial charge in [-0.1, -0.05) is 6.07 Å². The number of halogens is 2. The number of aryl methyl sites for hydroxylation is 1. The number of fused-ring (bicyclic) bond motifs is 1. The highest BCUT2D eigenvalue weighted by Gasteiger charge is 2.23. The average Bonchev–Trinajstić information content (AvgIpc) is 3.08. The molecule has 4 rings (SSSR count). The standard InChI is InChI=1S/C20H21FN4O2.ClH/c1-13-16(21)4-3-5-17(13)23-19-14-6-7-24(2)18(14)15(12-22-19)20(26)25-8-10-27-11-9-25;/h3-7,12H,8-11H2,1-2H3,(H,22,23);1H. The molecule has 1 aromatic carbocycles. The molecule has 0 radical (unpaired) electrons. The minimum absolute atomic E-state index is 0. The van der Waals surface area contributed by atoms with E-state index in [4.69, 9.17) is 4.74 Å². The molecule has 6 nitrogen and oxygen atoms in total. The Morgan fingerprint density at radius 2 is 2.00 bits per heavy atom. The second-order valence-corrected chi connectivity index (χ2v) is 6.65. The first-order valence-corrected chi connectivity index (χ1v) is 8.89. The van der Waals surface area contributed by atoms with E-state index in [9.17, 15) is 9.18 Å². The van der Waals surface area contributed by atoms with E-state index in [1.54, 1.807) is 24.1 Å². The predicted octanol–water partition coefficient (Wildman–Crippen LogP) is 3.66. The Labute approximate surface area is 168 Å². The number of amides is 1. The fourth-order valence-electron chi connectivity index (χ4n) is 3.38. The molecule has 28 heavy (non-hydrogen) atoms. The number of benzene rings is 1. The van der Waals surface area contributed by atoms with Crippen LogP contribution < -0.4 is 5.32 Å². The van der Waals surface area contributed by atoms with E-state index in [1.165, 1.54) is 6.07 Å². The molecule has 0 saturated carbocycles. The Kier molecular flexibility index (Phi) is 5.86. The van der Waals surface area contributed by atoms with Crippen LogP contribution in [0.5, 0.6) is 0 Å². The molecule has 148 valence electrons. The Balaban J connectivity index is 0.00000225. The number of anilines is 2. The van der Waals surface area contributed by atoms with Crippen molar-refractivity contribution in [3.05, 3.63) is 53.6 Å². The van der Waals surface area contributed by atoms with Crippen LogP contribution in [0.1, 0.15) is 15.9 Å². The minimum Gasteiger partial charge on any atom is -0.378 e. The smallest absolute Gasteiger partial charge is 0.257 e. The van der Waals surface area contributed by atoms with Crippen molar-refractivity contribution >= 4 is 40.7 Å². The molecule has 0 spiro atoms. The maximum Gasteiger partial charge on any atom is 0.257 e. The van der Waals surface area contributed by atoms with Gasteiger partial charge < -0.3 is 19.5 Å². The molecule has 0 bridgehead atoms. The van der Waals surface area contributed by atoms with Crippen LogP contribution in [0.25, 0.3) is 10.9 Å². The van der Waals surface area contributed by atoms with Crippen molar-refractivity contribution in [3.63, 3.8) is 0 Å². The third-order valence-electron chi connectivity index (χ3n) is 4.96. The molecule has 0 unspecified atom stereocenters. The summed E-state index contributed by atoms with van der Waals surface area (Å²) in [6.45, 7) is 3.97. The van der Waals surface area contributed by atoms with Crippen LogP contribution in [0, 0.1) is 12.7 Å². The minimum atomic E-state index is -0.275. The molecule has 1 fully saturated rings. The number of morpholine rings is 1. The highest BCUT2D eigenvalue weighted by Crippen LogP contribution is 2.30. The highest BCUT2D eigenvalue weighted by atomic mass is 35.5. The van der Waals surface area contributed by atoms with E-state index in [0.29, 0.717) is 48.9 Å². The van der Waals surface area contributed by atoms with E-state index in [0.717, 1.165) is 10.9 Å². The number of hydrogen-bond acceptors (Lipinski definition) is 4. The second-order valence-electron chi connectivity index (χ2n) is 6.65. The summed E-state index contributed by atoms with van der Waals surface area (Å²) in [7, 11) is 1.90. The quantitative estimate of drug-likeness (QED) is 0.723. The number of aromatic nitrogens is 2. The lowest BCUT2D eigenvalue weighted by molar-refractivity contribution is 0.0303. The number of rotatable bonds is 3. The zero-order chi connectivity index (χ0) is 19.0. The van der Waals surface area contributed by atoms with Gasteiger partial charge in [0, 0.05) is 49.2 Å². The van der Waals surface area contributed by atoms with Gasteiger partial charge in [0.25, 0.3) is 5.91 Å². The van der Waals surface area contributed by atoms with E-state index < -0.39 is 0 Å². The number of hydrogen-bond donors (Lipinski definition) is 1. The van der Waals surface area contributed by atoms with Crippen molar-refractivity contribution in [1.82, 2.24) is 14.5 Å². The van der Waals surface area contributed by atoms with Gasteiger partial charge in [-0.25, -0.2) is 9.37 Å². The molecule has 0 aliphatic carbocycles. The number of carbonyl (C=O) groups excluding carboxylic acids is 1. The van der Waals surface area contributed by atoms with E-state index in [-0.39, 0.29) is 24.1 Å². The summed E-state index contributed by atoms with van der Waals surface area (Å²) in [5, 5.41) is 4.03. The Morgan fingerprint density at radius 1 is 1.25 bits per heavy atom. The molecular weight excluding hydrogens is 383 g/mol. The summed E-state index contributed by atoms with van der Waals surface area (Å²) < 4.78 is 21.1. The van der Waals surface area contributed by atoms with Crippen LogP contribution in [-0.4, -0.2) is 46.7 Å². The van der Waals surface area contributed by atoms with Crippen molar-refractivity contribution in [1.29, 1.82) is 0 Å². The van der Waals surface area contributed by atoms with Crippen molar-refractivity contribution in [2.24, 2.45) is 7.05 Å². The van der Waals surface area contributed by atoms with Gasteiger partial charge in [0.05, 0.1) is 24.3 Å². The van der Waals surface area contributed by atoms with Gasteiger partial charge in [-0.2, -0.15) is 0 Å². The number of nitrogens with zero attached hydrogens (tertiary/aromatic N) is 3. The topological polar surface area (TPSA) is 59.4 Å². The van der Waals surface area contributed by atoms with Gasteiger partial charge in [-0.15, -0.1) is 12.4 Å². The fourth-order valence-corrected chi connectivity index (χ4v) is 3.38. The number of nitrogens with one attached hydrogen (secondary N) is 1.